The first-order valence-corrected chi connectivity index (χ1v) is 9.26. The Morgan fingerprint density at radius 2 is 2.23 bits per heavy atom. The molecule has 0 spiro atoms. The maximum Gasteiger partial charge on any atom is 0.271 e. The van der Waals surface area contributed by atoms with Crippen LogP contribution in [0.2, 0.25) is 0 Å². The molecule has 2 aliphatic heterocycles. The van der Waals surface area contributed by atoms with Gasteiger partial charge in [0, 0.05) is 13.1 Å². The summed E-state index contributed by atoms with van der Waals surface area (Å²) in [5, 5.41) is 10.0. The molecule has 5 rings (SSSR count). The summed E-state index contributed by atoms with van der Waals surface area (Å²) < 4.78 is 25.3. The number of nitrogens with zero attached hydrogens (tertiary/aromatic N) is 2. The fourth-order valence-electron chi connectivity index (χ4n) is 3.99. The molecular weight excluding hydrogens is 361 g/mol. The van der Waals surface area contributed by atoms with Gasteiger partial charge >= 0.3 is 0 Å². The van der Waals surface area contributed by atoms with E-state index in [1.54, 1.807) is 4.90 Å². The predicted molar refractivity (Wildman–Crippen MR) is 97.2 cm³/mol. The summed E-state index contributed by atoms with van der Waals surface area (Å²) in [6.45, 7) is 3.07. The van der Waals surface area contributed by atoms with Crippen molar-refractivity contribution < 1.29 is 14.2 Å². The number of hydrogen-bond acceptors (Lipinski definition) is 6. The van der Waals surface area contributed by atoms with Gasteiger partial charge in [0.25, 0.3) is 5.56 Å². The summed E-state index contributed by atoms with van der Waals surface area (Å²) in [6, 6.07) is 1.08. The first-order valence-electron chi connectivity index (χ1n) is 8.45. The molecule has 0 radical (unpaired) electrons. The number of aliphatic hydroxyl groups is 1. The Morgan fingerprint density at radius 1 is 1.42 bits per heavy atom. The van der Waals surface area contributed by atoms with Crippen LogP contribution in [0.25, 0.3) is 21.1 Å². The number of nitrogens with one attached hydrogen (secondary N) is 1. The number of aromatic nitrogens is 2. The van der Waals surface area contributed by atoms with E-state index in [1.165, 1.54) is 6.07 Å². The van der Waals surface area contributed by atoms with Crippen LogP contribution in [-0.4, -0.2) is 39.8 Å². The Labute approximate surface area is 150 Å². The molecule has 2 aliphatic rings. The number of β-amino-alcohol motifs (C(OH)–C–C–N with tert-alkyl or cyclic N) is 1. The highest BCUT2D eigenvalue weighted by Gasteiger charge is 2.33. The Hall–Kier alpha value is -2.39. The van der Waals surface area contributed by atoms with Gasteiger partial charge in [0.15, 0.2) is 11.6 Å². The van der Waals surface area contributed by atoms with Crippen LogP contribution in [0.5, 0.6) is 5.75 Å². The van der Waals surface area contributed by atoms with Crippen LogP contribution < -0.4 is 20.6 Å². The average molecular weight is 377 g/mol. The molecule has 2 atom stereocenters. The van der Waals surface area contributed by atoms with E-state index in [1.807, 2.05) is 11.5 Å². The van der Waals surface area contributed by atoms with E-state index >= 15 is 0 Å². The van der Waals surface area contributed by atoms with Crippen molar-refractivity contribution in [2.24, 2.45) is 0 Å². The molecule has 0 bridgehead atoms. The normalized spacial score (nSPS) is 22.3. The second-order valence-electron chi connectivity index (χ2n) is 6.89. The third-order valence-electron chi connectivity index (χ3n) is 5.18. The van der Waals surface area contributed by atoms with Gasteiger partial charge in [-0.15, -0.1) is 0 Å². The molecule has 1 fully saturated rings. The maximum absolute atomic E-state index is 15.0. The molecule has 1 saturated heterocycles. The molecule has 4 heterocycles. The number of rotatable bonds is 1. The summed E-state index contributed by atoms with van der Waals surface area (Å²) in [6.07, 6.45) is 0.0397. The number of fused-ring (bicyclic) bond motifs is 2. The lowest BCUT2D eigenvalue weighted by molar-refractivity contribution is 0.198. The van der Waals surface area contributed by atoms with Gasteiger partial charge in [0.1, 0.15) is 22.5 Å². The number of hydrogen-bond donors (Lipinski definition) is 2. The number of H-pyrrole nitrogens is 1. The van der Waals surface area contributed by atoms with Gasteiger partial charge in [-0.25, -0.2) is 4.39 Å². The van der Waals surface area contributed by atoms with Crippen LogP contribution in [0.3, 0.4) is 0 Å². The summed E-state index contributed by atoms with van der Waals surface area (Å²) in [5.74, 6) is -0.266. The highest BCUT2D eigenvalue weighted by atomic mass is 32.1. The van der Waals surface area contributed by atoms with Crippen molar-refractivity contribution in [1.82, 2.24) is 8.94 Å². The SMILES string of the molecule is CC1COc2c(N3CCC(O)C3)c(F)cc3c(=O)c4c(=O)[nH]sc4n1c23. The molecule has 136 valence electrons. The Morgan fingerprint density at radius 3 is 2.96 bits per heavy atom. The molecule has 7 nitrogen and oxygen atoms in total. The summed E-state index contributed by atoms with van der Waals surface area (Å²) >= 11 is 1.11. The van der Waals surface area contributed by atoms with Crippen LogP contribution in [-0.2, 0) is 0 Å². The van der Waals surface area contributed by atoms with Gasteiger partial charge in [-0.3, -0.25) is 14.0 Å². The average Bonchev–Trinajstić information content (AvgIpc) is 3.19. The minimum absolute atomic E-state index is 0.0611. The van der Waals surface area contributed by atoms with Gasteiger partial charge in [0.05, 0.1) is 23.0 Å². The highest BCUT2D eigenvalue weighted by Crippen LogP contribution is 2.43. The molecule has 1 aromatic carbocycles. The second kappa shape index (κ2) is 5.31. The van der Waals surface area contributed by atoms with Crippen molar-refractivity contribution in [3.05, 3.63) is 32.5 Å². The van der Waals surface area contributed by atoms with Gasteiger partial charge in [-0.1, -0.05) is 0 Å². The number of aliphatic hydroxyl groups excluding tert-OH is 1. The van der Waals surface area contributed by atoms with Gasteiger partial charge < -0.3 is 19.3 Å². The van der Waals surface area contributed by atoms with Gasteiger partial charge in [-0.05, 0) is 30.9 Å². The van der Waals surface area contributed by atoms with Crippen molar-refractivity contribution in [2.75, 3.05) is 24.6 Å². The molecule has 0 saturated carbocycles. The standard InChI is InChI=1S/C17H16FN3O4S/c1-7-6-25-15-12-9(4-10(18)13(15)20-3-2-8(22)5-20)14(23)11-16(24)19-26-17(11)21(7)12/h4,7-8,22H,2-3,5-6H2,1H3,(H,19,24). The number of anilines is 1. The van der Waals surface area contributed by atoms with Crippen LogP contribution in [0.15, 0.2) is 15.7 Å². The van der Waals surface area contributed by atoms with Crippen LogP contribution >= 0.6 is 11.5 Å². The van der Waals surface area contributed by atoms with E-state index in [0.717, 1.165) is 11.5 Å². The smallest absolute Gasteiger partial charge is 0.271 e. The molecule has 2 aromatic heterocycles. The Kier molecular flexibility index (Phi) is 3.23. The van der Waals surface area contributed by atoms with Crippen molar-refractivity contribution in [3.8, 4) is 5.75 Å². The molecule has 9 heteroatoms. The molecular formula is C17H16FN3O4S. The summed E-state index contributed by atoms with van der Waals surface area (Å²) in [7, 11) is 0. The van der Waals surface area contributed by atoms with E-state index in [0.29, 0.717) is 42.2 Å². The lowest BCUT2D eigenvalue weighted by Crippen LogP contribution is -2.28. The van der Waals surface area contributed by atoms with Crippen LogP contribution in [0.1, 0.15) is 19.4 Å². The highest BCUT2D eigenvalue weighted by molar-refractivity contribution is 7.12. The monoisotopic (exact) mass is 377 g/mol. The largest absolute Gasteiger partial charge is 0.487 e. The maximum atomic E-state index is 15.0. The number of benzene rings is 1. The molecule has 2 N–H and O–H groups in total. The first-order chi connectivity index (χ1) is 12.5. The number of pyridine rings is 1. The lowest BCUT2D eigenvalue weighted by Gasteiger charge is -2.31. The van der Waals surface area contributed by atoms with E-state index in [-0.39, 0.29) is 22.5 Å². The van der Waals surface area contributed by atoms with E-state index < -0.39 is 22.9 Å². The first kappa shape index (κ1) is 15.8. The van der Waals surface area contributed by atoms with Crippen molar-refractivity contribution in [1.29, 1.82) is 0 Å². The fourth-order valence-corrected chi connectivity index (χ4v) is 4.94. The van der Waals surface area contributed by atoms with E-state index in [9.17, 15) is 19.1 Å². The molecule has 26 heavy (non-hydrogen) atoms. The zero-order valence-corrected chi connectivity index (χ0v) is 14.7. The molecule has 0 amide bonds. The molecule has 3 aromatic rings. The van der Waals surface area contributed by atoms with Crippen molar-refractivity contribution in [2.45, 2.75) is 25.5 Å². The second-order valence-corrected chi connectivity index (χ2v) is 7.69. The van der Waals surface area contributed by atoms with Crippen molar-refractivity contribution in [3.63, 3.8) is 0 Å². The number of aromatic amines is 1. The van der Waals surface area contributed by atoms with Crippen molar-refractivity contribution >= 4 is 38.3 Å². The zero-order valence-electron chi connectivity index (χ0n) is 13.9. The Bertz CT molecular complexity index is 1180. The van der Waals surface area contributed by atoms with Gasteiger partial charge in [-0.2, -0.15) is 0 Å². The molecule has 0 aliphatic carbocycles. The Balaban J connectivity index is 1.95. The minimum atomic E-state index is -0.578. The summed E-state index contributed by atoms with van der Waals surface area (Å²) in [4.78, 5) is 27.3. The third kappa shape index (κ3) is 1.95. The van der Waals surface area contributed by atoms with Gasteiger partial charge in [0.2, 0.25) is 5.43 Å². The fraction of sp³-hybridized carbons (Fsp3) is 0.412. The molecule has 2 unspecified atom stereocenters. The van der Waals surface area contributed by atoms with Crippen LogP contribution in [0.4, 0.5) is 10.1 Å². The topological polar surface area (TPSA) is 87.6 Å². The predicted octanol–water partition coefficient (Wildman–Crippen LogP) is 1.57. The van der Waals surface area contributed by atoms with Crippen LogP contribution in [0, 0.1) is 5.82 Å². The van der Waals surface area contributed by atoms with E-state index in [4.69, 9.17) is 4.74 Å². The van der Waals surface area contributed by atoms with E-state index in [2.05, 4.69) is 4.37 Å². The quantitative estimate of drug-likeness (QED) is 0.672. The number of ether oxygens (including phenoxy) is 1. The summed E-state index contributed by atoms with van der Waals surface area (Å²) in [5.41, 5.74) is -0.154. The number of halogens is 1. The third-order valence-corrected chi connectivity index (χ3v) is 6.07. The minimum Gasteiger partial charge on any atom is -0.487 e. The zero-order chi connectivity index (χ0) is 18.2. The lowest BCUT2D eigenvalue weighted by atomic mass is 10.1.